The molecule has 176 valence electrons. The molecule has 0 radical (unpaired) electrons. The Morgan fingerprint density at radius 2 is 1.35 bits per heavy atom. The zero-order valence-corrected chi connectivity index (χ0v) is 20.9. The number of rotatable bonds is 15. The summed E-state index contributed by atoms with van der Waals surface area (Å²) in [4.78, 5) is 12.2. The SMILES string of the molecule is CCCCCCCCCCCCCC(=O)NC(=S)Nc1ccc(S(=O)(=O)N(C)C)cc1. The Morgan fingerprint density at radius 1 is 0.871 bits per heavy atom. The third-order valence-electron chi connectivity index (χ3n) is 5.15. The van der Waals surface area contributed by atoms with Crippen LogP contribution in [0.4, 0.5) is 5.69 Å². The molecule has 8 heteroatoms. The third-order valence-corrected chi connectivity index (χ3v) is 7.18. The molecule has 0 heterocycles. The summed E-state index contributed by atoms with van der Waals surface area (Å²) < 4.78 is 25.3. The van der Waals surface area contributed by atoms with Gasteiger partial charge in [-0.15, -0.1) is 0 Å². The molecule has 0 aliphatic rings. The summed E-state index contributed by atoms with van der Waals surface area (Å²) in [6.07, 6.45) is 14.1. The van der Waals surface area contributed by atoms with E-state index in [1.807, 2.05) is 0 Å². The monoisotopic (exact) mass is 469 g/mol. The maximum atomic E-state index is 12.1. The lowest BCUT2D eigenvalue weighted by Gasteiger charge is -2.13. The van der Waals surface area contributed by atoms with Crippen LogP contribution in [0.15, 0.2) is 29.2 Å². The lowest BCUT2D eigenvalue weighted by Crippen LogP contribution is -2.33. The second-order valence-corrected chi connectivity index (χ2v) is 10.7. The van der Waals surface area contributed by atoms with E-state index in [4.69, 9.17) is 12.2 Å². The van der Waals surface area contributed by atoms with Crippen molar-refractivity contribution in [3.05, 3.63) is 24.3 Å². The molecule has 1 amide bonds. The first-order chi connectivity index (χ1) is 14.8. The molecule has 0 aliphatic carbocycles. The second-order valence-electron chi connectivity index (χ2n) is 8.10. The van der Waals surface area contributed by atoms with E-state index < -0.39 is 10.0 Å². The van der Waals surface area contributed by atoms with Crippen LogP contribution in [0.2, 0.25) is 0 Å². The average Bonchev–Trinajstić information content (AvgIpc) is 2.72. The summed E-state index contributed by atoms with van der Waals surface area (Å²) in [5.74, 6) is -0.0970. The minimum Gasteiger partial charge on any atom is -0.332 e. The van der Waals surface area contributed by atoms with Crippen molar-refractivity contribution >= 4 is 38.9 Å². The van der Waals surface area contributed by atoms with Crippen molar-refractivity contribution in [1.29, 1.82) is 0 Å². The number of nitrogens with one attached hydrogen (secondary N) is 2. The summed E-state index contributed by atoms with van der Waals surface area (Å²) in [6.45, 7) is 2.24. The van der Waals surface area contributed by atoms with E-state index in [9.17, 15) is 13.2 Å². The highest BCUT2D eigenvalue weighted by atomic mass is 32.2. The highest BCUT2D eigenvalue weighted by molar-refractivity contribution is 7.89. The molecule has 0 saturated heterocycles. The van der Waals surface area contributed by atoms with E-state index in [-0.39, 0.29) is 15.9 Å². The molecule has 0 saturated carbocycles. The van der Waals surface area contributed by atoms with Crippen LogP contribution in [0.5, 0.6) is 0 Å². The Balaban J connectivity index is 2.16. The van der Waals surface area contributed by atoms with Crippen molar-refractivity contribution in [2.24, 2.45) is 0 Å². The van der Waals surface area contributed by atoms with Gasteiger partial charge < -0.3 is 10.6 Å². The van der Waals surface area contributed by atoms with E-state index in [0.717, 1.165) is 17.1 Å². The Morgan fingerprint density at radius 3 is 1.84 bits per heavy atom. The number of benzene rings is 1. The summed E-state index contributed by atoms with van der Waals surface area (Å²) in [7, 11) is -0.488. The highest BCUT2D eigenvalue weighted by Crippen LogP contribution is 2.16. The van der Waals surface area contributed by atoms with Gasteiger partial charge in [0.05, 0.1) is 4.90 Å². The van der Waals surface area contributed by atoms with Crippen LogP contribution in [-0.2, 0) is 14.8 Å². The number of carbonyl (C=O) groups excluding carboxylic acids is 1. The van der Waals surface area contributed by atoms with E-state index in [1.54, 1.807) is 12.1 Å². The van der Waals surface area contributed by atoms with Gasteiger partial charge in [-0.25, -0.2) is 12.7 Å². The van der Waals surface area contributed by atoms with Crippen LogP contribution >= 0.6 is 12.2 Å². The van der Waals surface area contributed by atoms with Gasteiger partial charge in [-0.3, -0.25) is 4.79 Å². The molecule has 6 nitrogen and oxygen atoms in total. The van der Waals surface area contributed by atoms with Gasteiger partial charge in [-0.1, -0.05) is 71.1 Å². The first-order valence-corrected chi connectivity index (χ1v) is 13.3. The number of thiocarbonyl (C=S) groups is 1. The third kappa shape index (κ3) is 11.6. The van der Waals surface area contributed by atoms with Crippen LogP contribution in [0.1, 0.15) is 84.0 Å². The molecule has 0 aliphatic heterocycles. The summed E-state index contributed by atoms with van der Waals surface area (Å²) >= 11 is 5.18. The molecule has 0 unspecified atom stereocenters. The maximum Gasteiger partial charge on any atom is 0.242 e. The number of hydrogen-bond acceptors (Lipinski definition) is 4. The molecule has 1 rings (SSSR count). The normalized spacial score (nSPS) is 11.5. The number of sulfonamides is 1. The maximum absolute atomic E-state index is 12.1. The van der Waals surface area contributed by atoms with Crippen molar-refractivity contribution < 1.29 is 13.2 Å². The Bertz CT molecular complexity index is 763. The minimum atomic E-state index is -3.46. The molecule has 0 atom stereocenters. The highest BCUT2D eigenvalue weighted by Gasteiger charge is 2.16. The minimum absolute atomic E-state index is 0.0970. The number of nitrogens with zero attached hydrogens (tertiary/aromatic N) is 1. The Kier molecular flexibility index (Phi) is 13.6. The molecule has 1 aromatic carbocycles. The van der Waals surface area contributed by atoms with Gasteiger partial charge in [0.25, 0.3) is 0 Å². The van der Waals surface area contributed by atoms with Crippen LogP contribution in [0.3, 0.4) is 0 Å². The summed E-state index contributed by atoms with van der Waals surface area (Å²) in [5.41, 5.74) is 0.623. The molecule has 31 heavy (non-hydrogen) atoms. The van der Waals surface area contributed by atoms with Gasteiger partial charge in [0, 0.05) is 26.2 Å². The van der Waals surface area contributed by atoms with Gasteiger partial charge in [0.15, 0.2) is 5.11 Å². The van der Waals surface area contributed by atoms with E-state index in [1.165, 1.54) is 84.0 Å². The fourth-order valence-corrected chi connectivity index (χ4v) is 4.36. The average molecular weight is 470 g/mol. The fourth-order valence-electron chi connectivity index (χ4n) is 3.22. The first-order valence-electron chi connectivity index (χ1n) is 11.4. The fraction of sp³-hybridized carbons (Fsp3) is 0.652. The lowest BCUT2D eigenvalue weighted by atomic mass is 10.1. The molecule has 0 spiro atoms. The van der Waals surface area contributed by atoms with E-state index in [0.29, 0.717) is 12.1 Å². The molecule has 0 fully saturated rings. The van der Waals surface area contributed by atoms with Crippen LogP contribution < -0.4 is 10.6 Å². The zero-order valence-electron chi connectivity index (χ0n) is 19.3. The standard InChI is InChI=1S/C23H39N3O3S2/c1-4-5-6-7-8-9-10-11-12-13-14-15-22(27)25-23(30)24-20-16-18-21(19-17-20)31(28,29)26(2)3/h16-19H,4-15H2,1-3H3,(H2,24,25,27,30). The number of anilines is 1. The van der Waals surface area contributed by atoms with Crippen LogP contribution in [0.25, 0.3) is 0 Å². The Labute approximate surface area is 194 Å². The molecular formula is C23H39N3O3S2. The van der Waals surface area contributed by atoms with E-state index >= 15 is 0 Å². The van der Waals surface area contributed by atoms with Crippen LogP contribution in [0, 0.1) is 0 Å². The number of unbranched alkanes of at least 4 members (excludes halogenated alkanes) is 10. The predicted octanol–water partition coefficient (Wildman–Crippen LogP) is 5.45. The van der Waals surface area contributed by atoms with Crippen molar-refractivity contribution in [2.45, 2.75) is 88.9 Å². The molecule has 2 N–H and O–H groups in total. The van der Waals surface area contributed by atoms with Crippen molar-refractivity contribution in [3.8, 4) is 0 Å². The molecule has 1 aromatic rings. The zero-order chi connectivity index (χ0) is 23.1. The molecule has 0 aromatic heterocycles. The molecule has 0 bridgehead atoms. The topological polar surface area (TPSA) is 78.5 Å². The second kappa shape index (κ2) is 15.3. The van der Waals surface area contributed by atoms with Gasteiger partial charge in [0.2, 0.25) is 15.9 Å². The first kappa shape index (κ1) is 27.5. The molecular weight excluding hydrogens is 430 g/mol. The van der Waals surface area contributed by atoms with Crippen LogP contribution in [-0.4, -0.2) is 37.8 Å². The number of carbonyl (C=O) groups is 1. The van der Waals surface area contributed by atoms with E-state index in [2.05, 4.69) is 17.6 Å². The van der Waals surface area contributed by atoms with Crippen molar-refractivity contribution in [2.75, 3.05) is 19.4 Å². The van der Waals surface area contributed by atoms with Gasteiger partial charge in [-0.2, -0.15) is 0 Å². The largest absolute Gasteiger partial charge is 0.332 e. The quantitative estimate of drug-likeness (QED) is 0.264. The summed E-state index contributed by atoms with van der Waals surface area (Å²) in [6, 6.07) is 6.26. The number of hydrogen-bond donors (Lipinski definition) is 2. The lowest BCUT2D eigenvalue weighted by molar-refractivity contribution is -0.119. The van der Waals surface area contributed by atoms with Gasteiger partial charge >= 0.3 is 0 Å². The number of amides is 1. The van der Waals surface area contributed by atoms with Crippen molar-refractivity contribution in [1.82, 2.24) is 9.62 Å². The smallest absolute Gasteiger partial charge is 0.242 e. The van der Waals surface area contributed by atoms with Crippen molar-refractivity contribution in [3.63, 3.8) is 0 Å². The summed E-state index contributed by atoms with van der Waals surface area (Å²) in [5, 5.41) is 5.82. The van der Waals surface area contributed by atoms with Gasteiger partial charge in [-0.05, 0) is 42.9 Å². The van der Waals surface area contributed by atoms with Gasteiger partial charge in [0.1, 0.15) is 0 Å². The predicted molar refractivity (Wildman–Crippen MR) is 133 cm³/mol. The Hall–Kier alpha value is -1.51.